The van der Waals surface area contributed by atoms with Crippen molar-refractivity contribution in [2.24, 2.45) is 0 Å². The second kappa shape index (κ2) is 9.27. The number of ether oxygens (including phenoxy) is 1. The third kappa shape index (κ3) is 4.58. The van der Waals surface area contributed by atoms with E-state index in [1.165, 1.54) is 33.0 Å². The number of piperidine rings is 1. The first-order valence-corrected chi connectivity index (χ1v) is 12.9. The first-order chi connectivity index (χ1) is 16.8. The van der Waals surface area contributed by atoms with Gasteiger partial charge in [-0.3, -0.25) is 10.1 Å². The second-order valence-corrected chi connectivity index (χ2v) is 11.1. The summed E-state index contributed by atoms with van der Waals surface area (Å²) in [5.41, 5.74) is 2.42. The van der Waals surface area contributed by atoms with Crippen LogP contribution in [0.4, 0.5) is 10.5 Å². The molecule has 2 fully saturated rings. The Morgan fingerprint density at radius 2 is 1.97 bits per heavy atom. The van der Waals surface area contributed by atoms with E-state index in [1.54, 1.807) is 12.3 Å². The summed E-state index contributed by atoms with van der Waals surface area (Å²) in [6, 6.07) is 9.77. The molecular weight excluding hydrogens is 474 g/mol. The zero-order chi connectivity index (χ0) is 24.6. The molecule has 184 valence electrons. The van der Waals surface area contributed by atoms with E-state index in [1.807, 2.05) is 18.3 Å². The number of nitrogens with one attached hydrogen (secondary N) is 1. The molecule has 35 heavy (non-hydrogen) atoms. The molecule has 2 saturated heterocycles. The number of likely N-dealkylation sites (tertiary alicyclic amines) is 1. The summed E-state index contributed by atoms with van der Waals surface area (Å²) in [6.07, 6.45) is 4.53. The van der Waals surface area contributed by atoms with E-state index in [4.69, 9.17) is 4.74 Å². The molecule has 4 heterocycles. The third-order valence-corrected chi connectivity index (χ3v) is 8.97. The van der Waals surface area contributed by atoms with Crippen molar-refractivity contribution in [2.75, 3.05) is 26.2 Å². The van der Waals surface area contributed by atoms with Gasteiger partial charge in [0.05, 0.1) is 4.92 Å². The van der Waals surface area contributed by atoms with E-state index in [0.29, 0.717) is 18.7 Å². The van der Waals surface area contributed by atoms with Gasteiger partial charge < -0.3 is 14.6 Å². The highest BCUT2D eigenvalue weighted by atomic mass is 32.2. The summed E-state index contributed by atoms with van der Waals surface area (Å²) in [7, 11) is -3.52. The maximum absolute atomic E-state index is 13.1. The van der Waals surface area contributed by atoms with Crippen LogP contribution in [0.25, 0.3) is 11.0 Å². The summed E-state index contributed by atoms with van der Waals surface area (Å²) in [4.78, 5) is 31.5. The number of pyridine rings is 1. The van der Waals surface area contributed by atoms with Crippen LogP contribution >= 0.6 is 0 Å². The van der Waals surface area contributed by atoms with Crippen molar-refractivity contribution in [3.8, 4) is 0 Å². The van der Waals surface area contributed by atoms with Gasteiger partial charge in [0.1, 0.15) is 17.5 Å². The number of nitro groups is 1. The van der Waals surface area contributed by atoms with E-state index in [-0.39, 0.29) is 31.3 Å². The summed E-state index contributed by atoms with van der Waals surface area (Å²) in [6.45, 7) is 0.904. The van der Waals surface area contributed by atoms with Crippen LogP contribution in [0.15, 0.2) is 48.8 Å². The summed E-state index contributed by atoms with van der Waals surface area (Å²) < 4.78 is 32.9. The first kappa shape index (κ1) is 23.2. The minimum absolute atomic E-state index is 0.0736. The van der Waals surface area contributed by atoms with Crippen LogP contribution in [0.2, 0.25) is 0 Å². The normalized spacial score (nSPS) is 17.9. The number of carbonyl (C=O) groups excluding carboxylic acids is 1. The van der Waals surface area contributed by atoms with E-state index in [0.717, 1.165) is 23.9 Å². The van der Waals surface area contributed by atoms with Gasteiger partial charge in [0, 0.05) is 56.1 Å². The molecule has 3 aromatic rings. The quantitative estimate of drug-likeness (QED) is 0.406. The van der Waals surface area contributed by atoms with Crippen LogP contribution in [0.5, 0.6) is 0 Å². The molecule has 11 nitrogen and oxygen atoms in total. The largest absolute Gasteiger partial charge is 0.445 e. The number of amides is 1. The van der Waals surface area contributed by atoms with Crippen LogP contribution in [-0.2, 0) is 21.4 Å². The summed E-state index contributed by atoms with van der Waals surface area (Å²) in [5.74, 6) is 0.265. The molecule has 5 rings (SSSR count). The van der Waals surface area contributed by atoms with Crippen LogP contribution in [0.3, 0.4) is 0 Å². The van der Waals surface area contributed by atoms with Gasteiger partial charge in [-0.15, -0.1) is 0 Å². The summed E-state index contributed by atoms with van der Waals surface area (Å²) in [5, 5.41) is 11.3. The molecule has 0 atom stereocenters. The lowest BCUT2D eigenvalue weighted by molar-refractivity contribution is -0.384. The molecule has 0 bridgehead atoms. The van der Waals surface area contributed by atoms with Gasteiger partial charge in [-0.2, -0.15) is 0 Å². The Hall–Kier alpha value is -3.51. The number of benzene rings is 1. The number of nitrogens with zero attached hydrogens (tertiary/aromatic N) is 4. The lowest BCUT2D eigenvalue weighted by atomic mass is 9.90. The number of rotatable bonds is 6. The molecule has 0 spiro atoms. The van der Waals surface area contributed by atoms with Crippen molar-refractivity contribution in [3.63, 3.8) is 0 Å². The average Bonchev–Trinajstić information content (AvgIpc) is 3.26. The Morgan fingerprint density at radius 1 is 1.20 bits per heavy atom. The number of non-ortho nitro benzene ring substituents is 1. The number of sulfonamides is 1. The number of nitro benzene ring substituents is 1. The van der Waals surface area contributed by atoms with Gasteiger partial charge in [0.15, 0.2) is 0 Å². The first-order valence-electron chi connectivity index (χ1n) is 11.4. The number of aromatic nitrogens is 2. The highest BCUT2D eigenvalue weighted by Crippen LogP contribution is 2.34. The van der Waals surface area contributed by atoms with Crippen molar-refractivity contribution in [1.82, 2.24) is 19.2 Å². The molecule has 1 amide bonds. The third-order valence-electron chi connectivity index (χ3n) is 6.75. The molecule has 1 N–H and O–H groups in total. The van der Waals surface area contributed by atoms with Gasteiger partial charge in [-0.05, 0) is 42.0 Å². The Bertz CT molecular complexity index is 1360. The number of hydrogen-bond acceptors (Lipinski definition) is 7. The number of fused-ring (bicyclic) bond motifs is 1. The second-order valence-electron chi connectivity index (χ2n) is 8.87. The van der Waals surface area contributed by atoms with Crippen LogP contribution < -0.4 is 0 Å². The fraction of sp³-hybridized carbons (Fsp3) is 0.391. The van der Waals surface area contributed by atoms with E-state index >= 15 is 0 Å². The van der Waals surface area contributed by atoms with Gasteiger partial charge in [0.2, 0.25) is 10.0 Å². The van der Waals surface area contributed by atoms with Crippen LogP contribution in [-0.4, -0.2) is 70.0 Å². The zero-order valence-corrected chi connectivity index (χ0v) is 19.7. The monoisotopic (exact) mass is 499 g/mol. The molecule has 1 aromatic carbocycles. The SMILES string of the molecule is O=C(OCc1cccc([N+](=O)[O-])c1)N1CC(S(=O)(=O)N2CCC(c3c[nH]c4ncccc34)CC2)C1. The Balaban J connectivity index is 1.12. The molecule has 2 aliphatic heterocycles. The molecule has 12 heteroatoms. The van der Waals surface area contributed by atoms with Crippen molar-refractivity contribution >= 4 is 32.8 Å². The molecule has 0 radical (unpaired) electrons. The average molecular weight is 500 g/mol. The van der Waals surface area contributed by atoms with Crippen molar-refractivity contribution in [2.45, 2.75) is 30.6 Å². The van der Waals surface area contributed by atoms with Gasteiger partial charge >= 0.3 is 6.09 Å². The Labute approximate surface area is 201 Å². The topological polar surface area (TPSA) is 139 Å². The highest BCUT2D eigenvalue weighted by molar-refractivity contribution is 7.89. The predicted molar refractivity (Wildman–Crippen MR) is 127 cm³/mol. The molecule has 0 saturated carbocycles. The fourth-order valence-electron chi connectivity index (χ4n) is 4.72. The van der Waals surface area contributed by atoms with E-state index < -0.39 is 26.3 Å². The number of hydrogen-bond donors (Lipinski definition) is 1. The van der Waals surface area contributed by atoms with Gasteiger partial charge in [-0.25, -0.2) is 22.5 Å². The van der Waals surface area contributed by atoms with Crippen molar-refractivity contribution in [3.05, 3.63) is 70.0 Å². The predicted octanol–water partition coefficient (Wildman–Crippen LogP) is 3.00. The number of carbonyl (C=O) groups is 1. The molecule has 2 aliphatic rings. The van der Waals surface area contributed by atoms with Crippen molar-refractivity contribution < 1.29 is 22.9 Å². The minimum atomic E-state index is -3.52. The standard InChI is InChI=1S/C23H25N5O6S/c29-23(34-15-16-3-1-4-18(11-16)28(30)31)26-13-19(14-26)35(32,33)27-9-6-17(7-10-27)21-12-25-22-20(21)5-2-8-24-22/h1-5,8,11-12,17,19H,6-7,9-10,13-15H2,(H,24,25). The molecule has 2 aromatic heterocycles. The molecular formula is C23H25N5O6S. The lowest BCUT2D eigenvalue weighted by Crippen LogP contribution is -2.60. The smallest absolute Gasteiger partial charge is 0.410 e. The Morgan fingerprint density at radius 3 is 2.71 bits per heavy atom. The maximum atomic E-state index is 13.1. The van der Waals surface area contributed by atoms with Gasteiger partial charge in [0.25, 0.3) is 5.69 Å². The number of aromatic amines is 1. The lowest BCUT2D eigenvalue weighted by Gasteiger charge is -2.41. The van der Waals surface area contributed by atoms with Crippen molar-refractivity contribution in [1.29, 1.82) is 0 Å². The fourth-order valence-corrected chi connectivity index (χ4v) is 6.60. The van der Waals surface area contributed by atoms with Crippen LogP contribution in [0.1, 0.15) is 29.9 Å². The van der Waals surface area contributed by atoms with E-state index in [9.17, 15) is 23.3 Å². The van der Waals surface area contributed by atoms with Gasteiger partial charge in [-0.1, -0.05) is 12.1 Å². The molecule has 0 unspecified atom stereocenters. The highest BCUT2D eigenvalue weighted by Gasteiger charge is 2.44. The van der Waals surface area contributed by atoms with Crippen LogP contribution in [0, 0.1) is 10.1 Å². The minimum Gasteiger partial charge on any atom is -0.445 e. The zero-order valence-electron chi connectivity index (χ0n) is 18.9. The number of H-pyrrole nitrogens is 1. The summed E-state index contributed by atoms with van der Waals surface area (Å²) >= 11 is 0. The molecule has 0 aliphatic carbocycles. The maximum Gasteiger partial charge on any atom is 0.410 e. The van der Waals surface area contributed by atoms with E-state index in [2.05, 4.69) is 9.97 Å². The Kier molecular flexibility index (Phi) is 6.15.